The van der Waals surface area contributed by atoms with Crippen molar-refractivity contribution in [1.82, 2.24) is 4.98 Å². The van der Waals surface area contributed by atoms with Gasteiger partial charge in [0.05, 0.1) is 27.8 Å². The molecule has 0 aliphatic rings. The number of aryl methyl sites for hydroxylation is 1. The zero-order valence-corrected chi connectivity index (χ0v) is 21.9. The molecule has 1 heterocycles. The molecule has 0 saturated carbocycles. The molecule has 0 spiro atoms. The summed E-state index contributed by atoms with van der Waals surface area (Å²) in [5, 5.41) is 11.3. The van der Waals surface area contributed by atoms with Crippen LogP contribution in [0, 0.1) is 11.6 Å². The van der Waals surface area contributed by atoms with Crippen molar-refractivity contribution in [3.8, 4) is 4.90 Å². The molecule has 0 aliphatic heterocycles. The Bertz CT molecular complexity index is 1630. The van der Waals surface area contributed by atoms with Gasteiger partial charge in [0.15, 0.2) is 16.1 Å². The van der Waals surface area contributed by atoms with Crippen LogP contribution in [0.25, 0.3) is 4.90 Å². The van der Waals surface area contributed by atoms with Crippen LogP contribution in [0.5, 0.6) is 0 Å². The van der Waals surface area contributed by atoms with E-state index in [0.717, 1.165) is 17.0 Å². The Morgan fingerprint density at radius 1 is 1.03 bits per heavy atom. The van der Waals surface area contributed by atoms with Gasteiger partial charge in [0.2, 0.25) is 5.51 Å². The molecular formula is C27H23F2N2O5S2+. The van der Waals surface area contributed by atoms with E-state index in [2.05, 4.69) is 4.98 Å². The highest BCUT2D eigenvalue weighted by Crippen LogP contribution is 2.32. The number of carboxylic acids is 1. The molecule has 4 aromatic rings. The average molecular weight is 558 g/mol. The number of thiazole rings is 1. The lowest BCUT2D eigenvalue weighted by Crippen LogP contribution is -2.16. The highest BCUT2D eigenvalue weighted by molar-refractivity contribution is 7.92. The Balaban J connectivity index is 1.60. The van der Waals surface area contributed by atoms with Gasteiger partial charge in [-0.3, -0.25) is 14.3 Å². The number of anilines is 1. The Hall–Kier alpha value is -3.96. The normalized spacial score (nSPS) is 12.7. The minimum atomic E-state index is -4.27. The first-order valence-electron chi connectivity index (χ1n) is 11.5. The van der Waals surface area contributed by atoms with E-state index in [9.17, 15) is 31.9 Å². The minimum Gasteiger partial charge on any atom is -0.481 e. The molecule has 2 atom stereocenters. The predicted octanol–water partition coefficient (Wildman–Crippen LogP) is 5.88. The Labute approximate surface area is 220 Å². The summed E-state index contributed by atoms with van der Waals surface area (Å²) in [7, 11) is -4.65. The van der Waals surface area contributed by atoms with E-state index in [4.69, 9.17) is 0 Å². The zero-order valence-electron chi connectivity index (χ0n) is 20.3. The van der Waals surface area contributed by atoms with Crippen molar-refractivity contribution in [1.29, 1.82) is 0 Å². The zero-order chi connectivity index (χ0) is 27.6. The molecule has 2 N–H and O–H groups in total. The molecule has 0 amide bonds. The number of hydrogen-bond donors (Lipinski definition) is 2. The standard InChI is InChI=1S/C27H22F2N2O5S2/c1-3-17-14-37(15-30-17)18-8-10-19(11-9-18)38(35,36)31-25-13-23(28)22(12-24(25)29)26(32)21-7-5-4-6-20(21)16(2)27(33)34/h4-16H,3H2,1-2H3,(H-,31,32,33,34)/p+1/t16-,37?/m0/s1. The Kier molecular flexibility index (Phi) is 7.70. The number of hydrogen-bond acceptors (Lipinski definition) is 5. The van der Waals surface area contributed by atoms with E-state index >= 15 is 0 Å². The average Bonchev–Trinajstić information content (AvgIpc) is 3.39. The number of halogens is 2. The third-order valence-electron chi connectivity index (χ3n) is 5.95. The highest BCUT2D eigenvalue weighted by Gasteiger charge is 2.26. The van der Waals surface area contributed by atoms with Crippen LogP contribution in [0.1, 0.15) is 46.9 Å². The third kappa shape index (κ3) is 5.48. The second kappa shape index (κ2) is 10.8. The van der Waals surface area contributed by atoms with Gasteiger partial charge < -0.3 is 5.11 Å². The summed E-state index contributed by atoms with van der Waals surface area (Å²) in [5.41, 5.74) is 1.47. The van der Waals surface area contributed by atoms with Crippen LogP contribution in [0.4, 0.5) is 14.5 Å². The van der Waals surface area contributed by atoms with Crippen molar-refractivity contribution in [2.75, 3.05) is 4.72 Å². The minimum absolute atomic E-state index is 0.0944. The van der Waals surface area contributed by atoms with Crippen LogP contribution in [0.2, 0.25) is 0 Å². The van der Waals surface area contributed by atoms with Gasteiger partial charge in [-0.05, 0) is 49.2 Å². The summed E-state index contributed by atoms with van der Waals surface area (Å²) >= 11 is 0. The van der Waals surface area contributed by atoms with Crippen LogP contribution in [-0.4, -0.2) is 30.3 Å². The van der Waals surface area contributed by atoms with Gasteiger partial charge >= 0.3 is 5.97 Å². The van der Waals surface area contributed by atoms with Crippen LogP contribution < -0.4 is 4.72 Å². The van der Waals surface area contributed by atoms with Gasteiger partial charge in [0, 0.05) is 22.1 Å². The summed E-state index contributed by atoms with van der Waals surface area (Å²) in [6.07, 6.45) is 0.789. The number of carbonyl (C=O) groups is 2. The quantitative estimate of drug-likeness (QED) is 0.196. The summed E-state index contributed by atoms with van der Waals surface area (Å²) < 4.78 is 57.6. The molecule has 1 aromatic heterocycles. The maximum absolute atomic E-state index is 15.0. The number of aromatic nitrogens is 1. The first-order chi connectivity index (χ1) is 18.0. The monoisotopic (exact) mass is 557 g/mol. The maximum Gasteiger partial charge on any atom is 0.310 e. The number of ketones is 1. The van der Waals surface area contributed by atoms with Crippen molar-refractivity contribution < 1.29 is 31.9 Å². The molecule has 0 fully saturated rings. The fourth-order valence-corrected chi connectivity index (χ4v) is 6.37. The van der Waals surface area contributed by atoms with Crippen LogP contribution >= 0.6 is 10.5 Å². The van der Waals surface area contributed by atoms with E-state index in [1.54, 1.807) is 17.6 Å². The molecule has 4 rings (SSSR count). The maximum atomic E-state index is 15.0. The number of nitrogens with zero attached hydrogens (tertiary/aromatic N) is 1. The number of rotatable bonds is 9. The molecule has 196 valence electrons. The first-order valence-corrected chi connectivity index (χ1v) is 14.3. The number of nitrogens with one attached hydrogen (secondary N) is 1. The predicted molar refractivity (Wildman–Crippen MR) is 141 cm³/mol. The summed E-state index contributed by atoms with van der Waals surface area (Å²) in [6.45, 7) is 3.36. The summed E-state index contributed by atoms with van der Waals surface area (Å²) in [6, 6.07) is 12.9. The van der Waals surface area contributed by atoms with E-state index in [1.807, 2.05) is 17.0 Å². The van der Waals surface area contributed by atoms with Gasteiger partial charge in [0.1, 0.15) is 11.6 Å². The lowest BCUT2D eigenvalue weighted by atomic mass is 9.91. The number of carbonyl (C=O) groups excluding carboxylic acids is 1. The SMILES string of the molecule is CCc1c[s+](-c2ccc(S(=O)(=O)Nc3cc(F)c(C(=O)c4ccccc4[C@H](C)C(=O)O)cc3F)cc2)cn1. The number of aliphatic carboxylic acids is 1. The van der Waals surface area contributed by atoms with Gasteiger partial charge in [-0.25, -0.2) is 22.2 Å². The van der Waals surface area contributed by atoms with E-state index in [0.29, 0.717) is 12.1 Å². The summed E-state index contributed by atoms with van der Waals surface area (Å²) in [4.78, 5) is 29.4. The second-order valence-corrected chi connectivity index (χ2v) is 11.8. The van der Waals surface area contributed by atoms with Gasteiger partial charge in [-0.1, -0.05) is 31.2 Å². The topological polar surface area (TPSA) is 113 Å². The number of carboxylic acid groups (broad SMARTS) is 1. The van der Waals surface area contributed by atoms with Crippen molar-refractivity contribution in [3.63, 3.8) is 0 Å². The lowest BCUT2D eigenvalue weighted by Gasteiger charge is -2.14. The van der Waals surface area contributed by atoms with E-state index < -0.39 is 50.6 Å². The molecule has 0 aliphatic carbocycles. The molecule has 0 radical (unpaired) electrons. The van der Waals surface area contributed by atoms with Crippen molar-refractivity contribution in [2.45, 2.75) is 31.1 Å². The largest absolute Gasteiger partial charge is 0.481 e. The molecule has 3 aromatic carbocycles. The van der Waals surface area contributed by atoms with Gasteiger partial charge in [0.25, 0.3) is 10.0 Å². The first kappa shape index (κ1) is 27.1. The van der Waals surface area contributed by atoms with Crippen LogP contribution in [-0.2, 0) is 21.2 Å². The number of sulfonamides is 1. The van der Waals surface area contributed by atoms with Gasteiger partial charge in [-0.15, -0.1) is 0 Å². The fourth-order valence-electron chi connectivity index (χ4n) is 3.77. The molecule has 38 heavy (non-hydrogen) atoms. The second-order valence-electron chi connectivity index (χ2n) is 8.43. The third-order valence-corrected chi connectivity index (χ3v) is 9.01. The van der Waals surface area contributed by atoms with E-state index in [-0.39, 0.29) is 26.5 Å². The molecular weight excluding hydrogens is 534 g/mol. The highest BCUT2D eigenvalue weighted by atomic mass is 32.2. The lowest BCUT2D eigenvalue weighted by molar-refractivity contribution is -0.138. The molecule has 0 saturated heterocycles. The van der Waals surface area contributed by atoms with Gasteiger partial charge in [-0.2, -0.15) is 0 Å². The molecule has 11 heteroatoms. The van der Waals surface area contributed by atoms with Crippen LogP contribution in [0.3, 0.4) is 0 Å². The Morgan fingerprint density at radius 2 is 1.71 bits per heavy atom. The van der Waals surface area contributed by atoms with Crippen molar-refractivity contribution in [3.05, 3.63) is 106 Å². The van der Waals surface area contributed by atoms with Crippen molar-refractivity contribution >= 4 is 37.9 Å². The van der Waals surface area contributed by atoms with Crippen LogP contribution in [0.15, 0.2) is 76.4 Å². The molecule has 1 unspecified atom stereocenters. The summed E-state index contributed by atoms with van der Waals surface area (Å²) in [5.74, 6) is -5.51. The molecule has 0 bridgehead atoms. The smallest absolute Gasteiger partial charge is 0.310 e. The van der Waals surface area contributed by atoms with Crippen molar-refractivity contribution in [2.24, 2.45) is 0 Å². The van der Waals surface area contributed by atoms with E-state index in [1.165, 1.54) is 43.3 Å². The Morgan fingerprint density at radius 3 is 2.34 bits per heavy atom. The number of benzene rings is 3. The fraction of sp³-hybridized carbons (Fsp3) is 0.148. The molecule has 7 nitrogen and oxygen atoms in total.